The monoisotopic (exact) mass is 269 g/mol. The third kappa shape index (κ3) is 2.67. The largest absolute Gasteiger partial charge is 0.417 e. The van der Waals surface area contributed by atoms with E-state index in [9.17, 15) is 13.2 Å². The Morgan fingerprint density at radius 2 is 1.67 bits per heavy atom. The predicted molar refractivity (Wildman–Crippen MR) is 66.1 cm³/mol. The first-order valence-electron chi connectivity index (χ1n) is 5.22. The van der Waals surface area contributed by atoms with E-state index in [1.807, 2.05) is 0 Å². The van der Waals surface area contributed by atoms with E-state index in [4.69, 9.17) is 11.6 Å². The predicted octanol–water partition coefficient (Wildman–Crippen LogP) is 5.12. The summed E-state index contributed by atoms with van der Waals surface area (Å²) in [5.41, 5.74) is 0.686. The molecule has 1 radical (unpaired) electrons. The molecule has 93 valence electrons. The van der Waals surface area contributed by atoms with Crippen molar-refractivity contribution in [2.45, 2.75) is 6.18 Å². The molecule has 0 aliphatic rings. The fourth-order valence-electron chi connectivity index (χ4n) is 1.76. The van der Waals surface area contributed by atoms with Gasteiger partial charge < -0.3 is 0 Å². The average Bonchev–Trinajstić information content (AvgIpc) is 2.38. The van der Waals surface area contributed by atoms with Gasteiger partial charge in [-0.15, -0.1) is 11.6 Å². The Morgan fingerprint density at radius 3 is 2.33 bits per heavy atom. The molecule has 2 aromatic carbocycles. The van der Waals surface area contributed by atoms with Gasteiger partial charge in [0.2, 0.25) is 0 Å². The minimum atomic E-state index is -4.36. The summed E-state index contributed by atoms with van der Waals surface area (Å²) >= 11 is 5.57. The topological polar surface area (TPSA) is 0 Å². The molecular formula is C14H9ClF3. The Morgan fingerprint density at radius 1 is 0.944 bits per heavy atom. The lowest BCUT2D eigenvalue weighted by Gasteiger charge is -2.13. The molecule has 4 heteroatoms. The van der Waals surface area contributed by atoms with Crippen LogP contribution in [0.1, 0.15) is 11.1 Å². The fraction of sp³-hybridized carbons (Fsp3) is 0.0714. The molecule has 0 unspecified atom stereocenters. The molecule has 0 N–H and O–H groups in total. The van der Waals surface area contributed by atoms with Crippen LogP contribution >= 0.6 is 11.6 Å². The molecule has 0 saturated heterocycles. The number of alkyl halides is 3. The van der Waals surface area contributed by atoms with Crippen molar-refractivity contribution in [2.75, 3.05) is 0 Å². The second-order valence-corrected chi connectivity index (χ2v) is 4.00. The van der Waals surface area contributed by atoms with E-state index < -0.39 is 11.7 Å². The van der Waals surface area contributed by atoms with Crippen LogP contribution in [0.3, 0.4) is 0 Å². The van der Waals surface area contributed by atoms with Crippen LogP contribution in [0.5, 0.6) is 0 Å². The van der Waals surface area contributed by atoms with Gasteiger partial charge in [-0.1, -0.05) is 36.4 Å². The summed E-state index contributed by atoms with van der Waals surface area (Å²) in [6, 6.07) is 12.2. The van der Waals surface area contributed by atoms with Gasteiger partial charge in [-0.2, -0.15) is 13.2 Å². The molecule has 0 aliphatic heterocycles. The zero-order chi connectivity index (χ0) is 13.2. The smallest absolute Gasteiger partial charge is 0.166 e. The molecular weight excluding hydrogens is 261 g/mol. The van der Waals surface area contributed by atoms with Crippen molar-refractivity contribution in [3.63, 3.8) is 0 Å². The number of halogens is 4. The average molecular weight is 270 g/mol. The summed E-state index contributed by atoms with van der Waals surface area (Å²) in [4.78, 5) is 0. The second-order valence-electron chi connectivity index (χ2n) is 3.78. The lowest BCUT2D eigenvalue weighted by molar-refractivity contribution is -0.137. The summed E-state index contributed by atoms with van der Waals surface area (Å²) < 4.78 is 38.6. The summed E-state index contributed by atoms with van der Waals surface area (Å²) in [5.74, 6) is 1.33. The highest BCUT2D eigenvalue weighted by molar-refractivity contribution is 6.25. The maximum absolute atomic E-state index is 12.9. The van der Waals surface area contributed by atoms with Crippen molar-refractivity contribution in [3.8, 4) is 11.1 Å². The van der Waals surface area contributed by atoms with Crippen molar-refractivity contribution in [2.24, 2.45) is 0 Å². The SMILES string of the molecule is FC(F)(F)c1ccccc1-c1cccc([CH]Cl)c1. The first kappa shape index (κ1) is 13.0. The third-order valence-electron chi connectivity index (χ3n) is 2.56. The van der Waals surface area contributed by atoms with E-state index in [-0.39, 0.29) is 5.56 Å². The van der Waals surface area contributed by atoms with Crippen molar-refractivity contribution < 1.29 is 13.2 Å². The van der Waals surface area contributed by atoms with Crippen LogP contribution in [0.2, 0.25) is 0 Å². The Labute approximate surface area is 108 Å². The summed E-state index contributed by atoms with van der Waals surface area (Å²) in [6.07, 6.45) is -4.36. The molecule has 0 atom stereocenters. The fourth-order valence-corrected chi connectivity index (χ4v) is 1.89. The molecule has 0 aromatic heterocycles. The third-order valence-corrected chi connectivity index (χ3v) is 2.81. The number of rotatable bonds is 2. The lowest BCUT2D eigenvalue weighted by Crippen LogP contribution is -2.06. The van der Waals surface area contributed by atoms with Gasteiger partial charge in [0.25, 0.3) is 0 Å². The zero-order valence-corrected chi connectivity index (χ0v) is 9.96. The van der Waals surface area contributed by atoms with Gasteiger partial charge in [-0.05, 0) is 28.8 Å². The molecule has 0 amide bonds. The Balaban J connectivity index is 2.57. The van der Waals surface area contributed by atoms with Crippen molar-refractivity contribution in [1.82, 2.24) is 0 Å². The Bertz CT molecular complexity index is 547. The minimum Gasteiger partial charge on any atom is -0.166 e. The van der Waals surface area contributed by atoms with Crippen molar-refractivity contribution in [3.05, 3.63) is 65.5 Å². The van der Waals surface area contributed by atoms with E-state index in [0.717, 1.165) is 6.07 Å². The highest BCUT2D eigenvalue weighted by Crippen LogP contribution is 2.37. The number of benzene rings is 2. The quantitative estimate of drug-likeness (QED) is 0.710. The van der Waals surface area contributed by atoms with E-state index in [2.05, 4.69) is 0 Å². The van der Waals surface area contributed by atoms with Crippen LogP contribution in [-0.2, 0) is 6.18 Å². The molecule has 18 heavy (non-hydrogen) atoms. The van der Waals surface area contributed by atoms with Gasteiger partial charge in [0.1, 0.15) is 0 Å². The molecule has 0 bridgehead atoms. The number of hydrogen-bond acceptors (Lipinski definition) is 0. The molecule has 0 fully saturated rings. The van der Waals surface area contributed by atoms with Crippen LogP contribution in [0.25, 0.3) is 11.1 Å². The van der Waals surface area contributed by atoms with Crippen molar-refractivity contribution in [1.29, 1.82) is 0 Å². The van der Waals surface area contributed by atoms with Crippen molar-refractivity contribution >= 4 is 11.6 Å². The van der Waals surface area contributed by atoms with Gasteiger partial charge >= 0.3 is 6.18 Å². The highest BCUT2D eigenvalue weighted by atomic mass is 35.5. The molecule has 0 nitrogen and oxygen atoms in total. The van der Waals surface area contributed by atoms with Crippen LogP contribution in [0, 0.1) is 5.88 Å². The molecule has 0 heterocycles. The van der Waals surface area contributed by atoms with Crippen LogP contribution in [-0.4, -0.2) is 0 Å². The molecule has 2 rings (SSSR count). The molecule has 0 spiro atoms. The first-order chi connectivity index (χ1) is 8.52. The van der Waals surface area contributed by atoms with Gasteiger partial charge in [0.15, 0.2) is 0 Å². The van der Waals surface area contributed by atoms with Gasteiger partial charge in [-0.25, -0.2) is 0 Å². The summed E-state index contributed by atoms with van der Waals surface area (Å²) in [6.45, 7) is 0. The Hall–Kier alpha value is -1.48. The van der Waals surface area contributed by atoms with Gasteiger partial charge in [0, 0.05) is 0 Å². The Kier molecular flexibility index (Phi) is 3.62. The first-order valence-corrected chi connectivity index (χ1v) is 5.66. The van der Waals surface area contributed by atoms with Crippen LogP contribution in [0.4, 0.5) is 13.2 Å². The molecule has 0 aliphatic carbocycles. The van der Waals surface area contributed by atoms with E-state index in [1.54, 1.807) is 30.3 Å². The summed E-state index contributed by atoms with van der Waals surface area (Å²) in [7, 11) is 0. The minimum absolute atomic E-state index is 0.158. The van der Waals surface area contributed by atoms with E-state index in [1.165, 1.54) is 18.0 Å². The highest BCUT2D eigenvalue weighted by Gasteiger charge is 2.33. The number of hydrogen-bond donors (Lipinski definition) is 0. The maximum atomic E-state index is 12.9. The van der Waals surface area contributed by atoms with E-state index >= 15 is 0 Å². The lowest BCUT2D eigenvalue weighted by atomic mass is 9.98. The second kappa shape index (κ2) is 5.02. The molecule has 0 saturated carbocycles. The summed E-state index contributed by atoms with van der Waals surface area (Å²) in [5, 5.41) is 0. The maximum Gasteiger partial charge on any atom is 0.417 e. The van der Waals surface area contributed by atoms with Gasteiger partial charge in [0.05, 0.1) is 11.4 Å². The van der Waals surface area contributed by atoms with Crippen LogP contribution in [0.15, 0.2) is 48.5 Å². The van der Waals surface area contributed by atoms with E-state index in [0.29, 0.717) is 11.1 Å². The standard InChI is InChI=1S/C14H9ClF3/c15-9-10-4-3-5-11(8-10)12-6-1-2-7-13(12)14(16,17)18/h1-9H. The normalized spacial score (nSPS) is 11.6. The van der Waals surface area contributed by atoms with Gasteiger partial charge in [-0.3, -0.25) is 0 Å². The molecule has 2 aromatic rings. The van der Waals surface area contributed by atoms with Crippen LogP contribution < -0.4 is 0 Å². The zero-order valence-electron chi connectivity index (χ0n) is 9.21.